The summed E-state index contributed by atoms with van der Waals surface area (Å²) in [6, 6.07) is 1.75. The Labute approximate surface area is 135 Å². The van der Waals surface area contributed by atoms with Crippen molar-refractivity contribution >= 4 is 17.9 Å². The van der Waals surface area contributed by atoms with E-state index in [0.29, 0.717) is 36.7 Å². The van der Waals surface area contributed by atoms with Gasteiger partial charge in [-0.3, -0.25) is 0 Å². The summed E-state index contributed by atoms with van der Waals surface area (Å²) in [6.07, 6.45) is 4.28. The molecule has 1 aromatic rings. The van der Waals surface area contributed by atoms with Gasteiger partial charge in [-0.25, -0.2) is 9.78 Å². The first kappa shape index (κ1) is 16.9. The van der Waals surface area contributed by atoms with Crippen LogP contribution < -0.4 is 4.74 Å². The standard InChI is InChI=1S/C15H23N3O3S/c1-15(2,3)21-14(19)18-8-6-11(9-18)10-20-12-5-7-16-13(17-12)22-4/h5,7,11H,6,8-10H2,1-4H3. The molecule has 1 aliphatic rings. The molecule has 1 aromatic heterocycles. The van der Waals surface area contributed by atoms with Crippen molar-refractivity contribution in [2.24, 2.45) is 5.92 Å². The van der Waals surface area contributed by atoms with Gasteiger partial charge < -0.3 is 14.4 Å². The summed E-state index contributed by atoms with van der Waals surface area (Å²) >= 11 is 1.48. The van der Waals surface area contributed by atoms with Gasteiger partial charge in [0, 0.05) is 31.3 Å². The predicted octanol–water partition coefficient (Wildman–Crippen LogP) is 2.83. The Bertz CT molecular complexity index is 519. The monoisotopic (exact) mass is 325 g/mol. The smallest absolute Gasteiger partial charge is 0.410 e. The van der Waals surface area contributed by atoms with E-state index in [1.54, 1.807) is 17.2 Å². The van der Waals surface area contributed by atoms with Crippen molar-refractivity contribution in [3.8, 4) is 5.88 Å². The lowest BCUT2D eigenvalue weighted by atomic mass is 10.1. The Hall–Kier alpha value is -1.50. The van der Waals surface area contributed by atoms with Gasteiger partial charge in [0.05, 0.1) is 6.61 Å². The van der Waals surface area contributed by atoms with Crippen LogP contribution in [-0.4, -0.2) is 52.5 Å². The molecule has 0 radical (unpaired) electrons. The van der Waals surface area contributed by atoms with E-state index in [1.807, 2.05) is 27.0 Å². The van der Waals surface area contributed by atoms with Crippen LogP contribution in [0.2, 0.25) is 0 Å². The SMILES string of the molecule is CSc1nccc(OCC2CCN(C(=O)OC(C)(C)C)C2)n1. The molecule has 6 nitrogen and oxygen atoms in total. The van der Waals surface area contributed by atoms with Crippen molar-refractivity contribution in [3.63, 3.8) is 0 Å². The Morgan fingerprint density at radius 1 is 1.50 bits per heavy atom. The van der Waals surface area contributed by atoms with Crippen molar-refractivity contribution in [1.82, 2.24) is 14.9 Å². The fraction of sp³-hybridized carbons (Fsp3) is 0.667. The molecular formula is C15H23N3O3S. The van der Waals surface area contributed by atoms with Crippen LogP contribution in [0.3, 0.4) is 0 Å². The van der Waals surface area contributed by atoms with Gasteiger partial charge in [-0.1, -0.05) is 11.8 Å². The molecule has 122 valence electrons. The zero-order valence-corrected chi connectivity index (χ0v) is 14.4. The van der Waals surface area contributed by atoms with Gasteiger partial charge in [0.15, 0.2) is 5.16 Å². The fourth-order valence-corrected chi connectivity index (χ4v) is 2.52. The van der Waals surface area contributed by atoms with Crippen LogP contribution in [0.4, 0.5) is 4.79 Å². The van der Waals surface area contributed by atoms with Crippen molar-refractivity contribution < 1.29 is 14.3 Å². The van der Waals surface area contributed by atoms with Crippen LogP contribution in [0.25, 0.3) is 0 Å². The molecule has 0 bridgehead atoms. The third-order valence-corrected chi connectivity index (χ3v) is 3.76. The molecule has 1 saturated heterocycles. The number of amides is 1. The fourth-order valence-electron chi connectivity index (χ4n) is 2.17. The molecule has 0 saturated carbocycles. The largest absolute Gasteiger partial charge is 0.477 e. The summed E-state index contributed by atoms with van der Waals surface area (Å²) in [4.78, 5) is 22.1. The number of nitrogens with zero attached hydrogens (tertiary/aromatic N) is 3. The lowest BCUT2D eigenvalue weighted by molar-refractivity contribution is 0.0284. The highest BCUT2D eigenvalue weighted by Crippen LogP contribution is 2.21. The van der Waals surface area contributed by atoms with Crippen LogP contribution in [0.5, 0.6) is 5.88 Å². The molecule has 0 aromatic carbocycles. The molecule has 2 rings (SSSR count). The van der Waals surface area contributed by atoms with Gasteiger partial charge in [0.1, 0.15) is 5.60 Å². The van der Waals surface area contributed by atoms with E-state index >= 15 is 0 Å². The van der Waals surface area contributed by atoms with E-state index in [-0.39, 0.29) is 6.09 Å². The number of thioether (sulfide) groups is 1. The van der Waals surface area contributed by atoms with Gasteiger partial charge in [-0.05, 0) is 33.4 Å². The topological polar surface area (TPSA) is 64.5 Å². The summed E-state index contributed by atoms with van der Waals surface area (Å²) < 4.78 is 11.1. The Kier molecular flexibility index (Phi) is 5.50. The molecule has 22 heavy (non-hydrogen) atoms. The summed E-state index contributed by atoms with van der Waals surface area (Å²) in [5, 5.41) is 0.694. The maximum Gasteiger partial charge on any atom is 0.410 e. The third kappa shape index (κ3) is 5.05. The number of ether oxygens (including phenoxy) is 2. The first-order valence-electron chi connectivity index (χ1n) is 7.35. The van der Waals surface area contributed by atoms with Crippen LogP contribution >= 0.6 is 11.8 Å². The van der Waals surface area contributed by atoms with E-state index < -0.39 is 5.60 Å². The van der Waals surface area contributed by atoms with Crippen LogP contribution in [0, 0.1) is 5.92 Å². The van der Waals surface area contributed by atoms with E-state index in [0.717, 1.165) is 6.42 Å². The summed E-state index contributed by atoms with van der Waals surface area (Å²) in [6.45, 7) is 7.54. The van der Waals surface area contributed by atoms with E-state index in [1.165, 1.54) is 11.8 Å². The highest BCUT2D eigenvalue weighted by Gasteiger charge is 2.30. The number of carbonyl (C=O) groups is 1. The molecule has 0 spiro atoms. The molecule has 7 heteroatoms. The molecular weight excluding hydrogens is 302 g/mol. The zero-order valence-electron chi connectivity index (χ0n) is 13.5. The van der Waals surface area contributed by atoms with Crippen LogP contribution in [0.1, 0.15) is 27.2 Å². The van der Waals surface area contributed by atoms with Crippen LogP contribution in [0.15, 0.2) is 17.4 Å². The molecule has 2 heterocycles. The maximum absolute atomic E-state index is 12.0. The van der Waals surface area contributed by atoms with Gasteiger partial charge in [-0.2, -0.15) is 4.98 Å². The summed E-state index contributed by atoms with van der Waals surface area (Å²) in [5.74, 6) is 0.885. The number of rotatable bonds is 4. The van der Waals surface area contributed by atoms with Gasteiger partial charge in [-0.15, -0.1) is 0 Å². The lowest BCUT2D eigenvalue weighted by Crippen LogP contribution is -2.35. The zero-order chi connectivity index (χ0) is 16.2. The molecule has 0 aliphatic carbocycles. The first-order valence-corrected chi connectivity index (χ1v) is 8.57. The van der Waals surface area contributed by atoms with E-state index in [2.05, 4.69) is 9.97 Å². The minimum Gasteiger partial charge on any atom is -0.477 e. The Morgan fingerprint density at radius 3 is 2.95 bits per heavy atom. The molecule has 1 atom stereocenters. The van der Waals surface area contributed by atoms with Crippen molar-refractivity contribution in [2.75, 3.05) is 26.0 Å². The molecule has 1 aliphatic heterocycles. The van der Waals surface area contributed by atoms with Gasteiger partial charge in [0.25, 0.3) is 0 Å². The normalized spacial score (nSPS) is 18.4. The summed E-state index contributed by atoms with van der Waals surface area (Å²) in [7, 11) is 0. The van der Waals surface area contributed by atoms with Crippen LogP contribution in [-0.2, 0) is 4.74 Å². The van der Waals surface area contributed by atoms with Crippen molar-refractivity contribution in [3.05, 3.63) is 12.3 Å². The Morgan fingerprint density at radius 2 is 2.27 bits per heavy atom. The summed E-state index contributed by atoms with van der Waals surface area (Å²) in [5.41, 5.74) is -0.457. The number of likely N-dealkylation sites (tertiary alicyclic amines) is 1. The van der Waals surface area contributed by atoms with E-state index in [4.69, 9.17) is 9.47 Å². The maximum atomic E-state index is 12.0. The minimum atomic E-state index is -0.457. The number of carbonyl (C=O) groups excluding carboxylic acids is 1. The van der Waals surface area contributed by atoms with Crippen molar-refractivity contribution in [1.29, 1.82) is 0 Å². The molecule has 1 unspecified atom stereocenters. The van der Waals surface area contributed by atoms with Crippen molar-refractivity contribution in [2.45, 2.75) is 37.9 Å². The lowest BCUT2D eigenvalue weighted by Gasteiger charge is -2.24. The molecule has 1 fully saturated rings. The van der Waals surface area contributed by atoms with E-state index in [9.17, 15) is 4.79 Å². The third-order valence-electron chi connectivity index (χ3n) is 3.19. The molecule has 0 N–H and O–H groups in total. The first-order chi connectivity index (χ1) is 10.4. The van der Waals surface area contributed by atoms with Gasteiger partial charge >= 0.3 is 6.09 Å². The highest BCUT2D eigenvalue weighted by atomic mass is 32.2. The molecule has 1 amide bonds. The average molecular weight is 325 g/mol. The second kappa shape index (κ2) is 7.17. The predicted molar refractivity (Wildman–Crippen MR) is 85.2 cm³/mol. The second-order valence-electron chi connectivity index (χ2n) is 6.27. The van der Waals surface area contributed by atoms with Gasteiger partial charge in [0.2, 0.25) is 5.88 Å². The number of aromatic nitrogens is 2. The second-order valence-corrected chi connectivity index (χ2v) is 7.05. The number of hydrogen-bond donors (Lipinski definition) is 0. The highest BCUT2D eigenvalue weighted by molar-refractivity contribution is 7.98. The Balaban J connectivity index is 1.80. The minimum absolute atomic E-state index is 0.248. The average Bonchev–Trinajstić information content (AvgIpc) is 2.92. The quantitative estimate of drug-likeness (QED) is 0.626. The number of hydrogen-bond acceptors (Lipinski definition) is 6.